The summed E-state index contributed by atoms with van der Waals surface area (Å²) in [5.41, 5.74) is 5.01. The molecule has 3 nitrogen and oxygen atoms in total. The van der Waals surface area contributed by atoms with Gasteiger partial charge in [-0.05, 0) is 18.2 Å². The third-order valence-electron chi connectivity index (χ3n) is 2.17. The summed E-state index contributed by atoms with van der Waals surface area (Å²) in [7, 11) is 0. The van der Waals surface area contributed by atoms with Gasteiger partial charge in [-0.25, -0.2) is 4.98 Å². The Balaban J connectivity index is 2.35. The summed E-state index contributed by atoms with van der Waals surface area (Å²) in [6.07, 6.45) is -3.11. The van der Waals surface area contributed by atoms with Crippen LogP contribution in [0.2, 0.25) is 0 Å². The van der Waals surface area contributed by atoms with Crippen LogP contribution in [0.5, 0.6) is 11.6 Å². The lowest BCUT2D eigenvalue weighted by Gasteiger charge is -2.12. The lowest BCUT2D eigenvalue weighted by atomic mass is 10.2. The van der Waals surface area contributed by atoms with Gasteiger partial charge in [0.2, 0.25) is 5.88 Å². The normalized spacial score (nSPS) is 11.3. The summed E-state index contributed by atoms with van der Waals surface area (Å²) in [6.45, 7) is 0. The van der Waals surface area contributed by atoms with Gasteiger partial charge in [0.05, 0.1) is 5.56 Å². The van der Waals surface area contributed by atoms with Gasteiger partial charge < -0.3 is 10.5 Å². The summed E-state index contributed by atoms with van der Waals surface area (Å²) >= 11 is 0. The first-order valence-electron chi connectivity index (χ1n) is 5.02. The zero-order valence-electron chi connectivity index (χ0n) is 9.11. The van der Waals surface area contributed by atoms with Crippen molar-refractivity contribution in [1.82, 2.24) is 4.98 Å². The van der Waals surface area contributed by atoms with Crippen molar-refractivity contribution in [3.8, 4) is 11.6 Å². The third kappa shape index (κ3) is 2.71. The fourth-order valence-corrected chi connectivity index (χ4v) is 1.38. The number of rotatable bonds is 2. The molecule has 1 aromatic heterocycles. The van der Waals surface area contributed by atoms with E-state index < -0.39 is 11.7 Å². The lowest BCUT2D eigenvalue weighted by molar-refractivity contribution is -0.138. The monoisotopic (exact) mass is 254 g/mol. The van der Waals surface area contributed by atoms with E-state index in [2.05, 4.69) is 4.98 Å². The van der Waals surface area contributed by atoms with E-state index in [0.29, 0.717) is 5.69 Å². The fraction of sp³-hybridized carbons (Fsp3) is 0.0833. The number of nitrogens with zero attached hydrogens (tertiary/aromatic N) is 1. The van der Waals surface area contributed by atoms with Crippen molar-refractivity contribution in [1.29, 1.82) is 0 Å². The minimum atomic E-state index is -4.48. The molecule has 0 aliphatic heterocycles. The van der Waals surface area contributed by atoms with Crippen molar-refractivity contribution in [2.24, 2.45) is 0 Å². The standard InChI is InChI=1S/C12H9F3N2O/c13-12(14,15)9-3-1-2-4-10(9)18-11-7-8(16)5-6-17-11/h1-7H,(H2,16,17). The van der Waals surface area contributed by atoms with Crippen LogP contribution in [0.3, 0.4) is 0 Å². The first-order valence-corrected chi connectivity index (χ1v) is 5.02. The molecule has 2 N–H and O–H groups in total. The van der Waals surface area contributed by atoms with Crippen LogP contribution in [-0.2, 0) is 6.18 Å². The van der Waals surface area contributed by atoms with Crippen molar-refractivity contribution in [2.45, 2.75) is 6.18 Å². The number of nitrogens with two attached hydrogens (primary N) is 1. The Bertz CT molecular complexity index is 555. The van der Waals surface area contributed by atoms with Crippen molar-refractivity contribution >= 4 is 5.69 Å². The Labute approximate surface area is 101 Å². The molecule has 0 atom stereocenters. The number of halogens is 3. The van der Waals surface area contributed by atoms with E-state index in [0.717, 1.165) is 6.07 Å². The Hall–Kier alpha value is -2.24. The third-order valence-corrected chi connectivity index (χ3v) is 2.17. The number of pyridine rings is 1. The Morgan fingerprint density at radius 1 is 1.11 bits per heavy atom. The molecule has 0 amide bonds. The molecule has 0 bridgehead atoms. The van der Waals surface area contributed by atoms with Crippen molar-refractivity contribution in [3.63, 3.8) is 0 Å². The van der Waals surface area contributed by atoms with Gasteiger partial charge >= 0.3 is 6.18 Å². The average molecular weight is 254 g/mol. The molecule has 0 saturated carbocycles. The van der Waals surface area contributed by atoms with Crippen molar-refractivity contribution in [2.75, 3.05) is 5.73 Å². The molecular weight excluding hydrogens is 245 g/mol. The topological polar surface area (TPSA) is 48.1 Å². The van der Waals surface area contributed by atoms with E-state index in [1.807, 2.05) is 0 Å². The highest BCUT2D eigenvalue weighted by molar-refractivity contribution is 5.43. The van der Waals surface area contributed by atoms with E-state index in [9.17, 15) is 13.2 Å². The molecule has 2 aromatic rings. The van der Waals surface area contributed by atoms with Gasteiger partial charge in [0.15, 0.2) is 0 Å². The number of aromatic nitrogens is 1. The second-order valence-corrected chi connectivity index (χ2v) is 3.52. The molecule has 94 valence electrons. The second kappa shape index (κ2) is 4.56. The molecule has 0 spiro atoms. The van der Waals surface area contributed by atoms with Gasteiger partial charge in [-0.2, -0.15) is 13.2 Å². The molecule has 0 unspecified atom stereocenters. The summed E-state index contributed by atoms with van der Waals surface area (Å²) in [4.78, 5) is 3.79. The van der Waals surface area contributed by atoms with Gasteiger partial charge in [-0.3, -0.25) is 0 Å². The van der Waals surface area contributed by atoms with Gasteiger partial charge in [-0.1, -0.05) is 12.1 Å². The molecule has 0 saturated heterocycles. The number of benzene rings is 1. The molecular formula is C12H9F3N2O. The van der Waals surface area contributed by atoms with Gasteiger partial charge in [-0.15, -0.1) is 0 Å². The molecule has 0 radical (unpaired) electrons. The van der Waals surface area contributed by atoms with Gasteiger partial charge in [0.1, 0.15) is 5.75 Å². The largest absolute Gasteiger partial charge is 0.438 e. The van der Waals surface area contributed by atoms with Crippen LogP contribution in [0.15, 0.2) is 42.6 Å². The Morgan fingerprint density at radius 2 is 1.83 bits per heavy atom. The number of ether oxygens (including phenoxy) is 1. The maximum absolute atomic E-state index is 12.7. The number of hydrogen-bond donors (Lipinski definition) is 1. The molecule has 0 aliphatic rings. The first kappa shape index (κ1) is 12.2. The number of hydrogen-bond acceptors (Lipinski definition) is 3. The van der Waals surface area contributed by atoms with Crippen LogP contribution < -0.4 is 10.5 Å². The average Bonchev–Trinajstić information content (AvgIpc) is 2.28. The molecule has 0 fully saturated rings. The van der Waals surface area contributed by atoms with Crippen LogP contribution >= 0.6 is 0 Å². The first-order chi connectivity index (χ1) is 8.47. The Morgan fingerprint density at radius 3 is 2.50 bits per heavy atom. The molecule has 1 heterocycles. The highest BCUT2D eigenvalue weighted by atomic mass is 19.4. The van der Waals surface area contributed by atoms with Crippen LogP contribution in [-0.4, -0.2) is 4.98 Å². The molecule has 6 heteroatoms. The molecule has 1 aromatic carbocycles. The fourth-order valence-electron chi connectivity index (χ4n) is 1.38. The number of para-hydroxylation sites is 1. The summed E-state index contributed by atoms with van der Waals surface area (Å²) in [5.74, 6) is -0.283. The minimum absolute atomic E-state index is 0.0201. The number of alkyl halides is 3. The maximum Gasteiger partial charge on any atom is 0.419 e. The van der Waals surface area contributed by atoms with Gasteiger partial charge in [0.25, 0.3) is 0 Å². The van der Waals surface area contributed by atoms with Crippen molar-refractivity contribution < 1.29 is 17.9 Å². The quantitative estimate of drug-likeness (QED) is 0.892. The highest BCUT2D eigenvalue weighted by Gasteiger charge is 2.34. The van der Waals surface area contributed by atoms with E-state index in [-0.39, 0.29) is 11.6 Å². The van der Waals surface area contributed by atoms with E-state index >= 15 is 0 Å². The molecule has 2 rings (SSSR count). The Kier molecular flexibility index (Phi) is 3.10. The number of nitrogen functional groups attached to an aromatic ring is 1. The summed E-state index contributed by atoms with van der Waals surface area (Å²) in [5, 5.41) is 0. The lowest BCUT2D eigenvalue weighted by Crippen LogP contribution is -2.07. The van der Waals surface area contributed by atoms with E-state index in [1.165, 1.54) is 36.5 Å². The predicted octanol–water partition coefficient (Wildman–Crippen LogP) is 3.47. The number of anilines is 1. The summed E-state index contributed by atoms with van der Waals surface area (Å²) in [6, 6.07) is 7.80. The zero-order valence-corrected chi connectivity index (χ0v) is 9.11. The molecule has 18 heavy (non-hydrogen) atoms. The van der Waals surface area contributed by atoms with Crippen LogP contribution in [0.1, 0.15) is 5.56 Å². The van der Waals surface area contributed by atoms with Gasteiger partial charge in [0, 0.05) is 18.0 Å². The smallest absolute Gasteiger partial charge is 0.419 e. The highest BCUT2D eigenvalue weighted by Crippen LogP contribution is 2.37. The summed E-state index contributed by atoms with van der Waals surface area (Å²) < 4.78 is 43.2. The van der Waals surface area contributed by atoms with Crippen LogP contribution in [0.25, 0.3) is 0 Å². The van der Waals surface area contributed by atoms with Crippen LogP contribution in [0, 0.1) is 0 Å². The maximum atomic E-state index is 12.7. The second-order valence-electron chi connectivity index (χ2n) is 3.52. The SMILES string of the molecule is Nc1ccnc(Oc2ccccc2C(F)(F)F)c1. The van der Waals surface area contributed by atoms with E-state index in [1.54, 1.807) is 0 Å². The molecule has 0 aliphatic carbocycles. The minimum Gasteiger partial charge on any atom is -0.438 e. The van der Waals surface area contributed by atoms with Crippen LogP contribution in [0.4, 0.5) is 18.9 Å². The van der Waals surface area contributed by atoms with Crippen molar-refractivity contribution in [3.05, 3.63) is 48.2 Å². The predicted molar refractivity (Wildman–Crippen MR) is 60.2 cm³/mol. The van der Waals surface area contributed by atoms with E-state index in [4.69, 9.17) is 10.5 Å². The zero-order chi connectivity index (χ0) is 13.2.